The molecule has 3 rings (SSSR count). The molecule has 0 spiro atoms. The molecule has 2 amide bonds. The van der Waals surface area contributed by atoms with E-state index in [0.29, 0.717) is 13.1 Å². The molecule has 1 heterocycles. The normalized spacial score (nSPS) is 16.5. The van der Waals surface area contributed by atoms with Crippen LogP contribution in [0.1, 0.15) is 42.6 Å². The number of nitrogens with one attached hydrogen (secondary N) is 1. The van der Waals surface area contributed by atoms with Gasteiger partial charge in [0.2, 0.25) is 0 Å². The van der Waals surface area contributed by atoms with E-state index in [2.05, 4.69) is 10.4 Å². The number of halogens is 1. The summed E-state index contributed by atoms with van der Waals surface area (Å²) in [5, 5.41) is 7.42. The molecule has 2 aromatic rings. The quantitative estimate of drug-likeness (QED) is 0.936. The summed E-state index contributed by atoms with van der Waals surface area (Å²) in [6, 6.07) is 6.25. The maximum absolute atomic E-state index is 13.3. The van der Waals surface area contributed by atoms with Crippen LogP contribution >= 0.6 is 0 Å². The maximum atomic E-state index is 13.3. The predicted octanol–water partition coefficient (Wildman–Crippen LogP) is 3.17. The van der Waals surface area contributed by atoms with E-state index >= 15 is 0 Å². The third-order valence-corrected chi connectivity index (χ3v) is 4.60. The van der Waals surface area contributed by atoms with E-state index in [1.807, 2.05) is 30.9 Å². The molecule has 0 aliphatic heterocycles. The first-order valence-electron chi connectivity index (χ1n) is 8.39. The molecule has 24 heavy (non-hydrogen) atoms. The Labute approximate surface area is 141 Å². The van der Waals surface area contributed by atoms with Crippen LogP contribution in [-0.4, -0.2) is 27.3 Å². The van der Waals surface area contributed by atoms with Gasteiger partial charge in [0.25, 0.3) is 0 Å². The van der Waals surface area contributed by atoms with Crippen molar-refractivity contribution < 1.29 is 9.18 Å². The summed E-state index contributed by atoms with van der Waals surface area (Å²) in [6.07, 6.45) is 4.80. The minimum Gasteiger partial charge on any atom is -0.331 e. The van der Waals surface area contributed by atoms with Crippen LogP contribution in [0.4, 0.5) is 9.18 Å². The highest BCUT2D eigenvalue weighted by atomic mass is 19.1. The zero-order valence-electron chi connectivity index (χ0n) is 14.1. The molecule has 0 saturated carbocycles. The number of aryl methyl sites for hydroxylation is 1. The number of hydrogen-bond acceptors (Lipinski definition) is 2. The van der Waals surface area contributed by atoms with Crippen LogP contribution in [-0.2, 0) is 20.0 Å². The van der Waals surface area contributed by atoms with Crippen molar-refractivity contribution in [2.75, 3.05) is 6.54 Å². The SMILES string of the molecule is CCN(Cc1cccc(F)c1)C(=O)N[C@@H]1CCCc2c1cnn2C. The smallest absolute Gasteiger partial charge is 0.318 e. The first kappa shape index (κ1) is 16.5. The van der Waals surface area contributed by atoms with Crippen molar-refractivity contribution in [1.82, 2.24) is 20.0 Å². The molecule has 1 atom stereocenters. The van der Waals surface area contributed by atoms with E-state index in [-0.39, 0.29) is 17.9 Å². The van der Waals surface area contributed by atoms with Gasteiger partial charge in [-0.3, -0.25) is 4.68 Å². The minimum absolute atomic E-state index is 0.00323. The number of nitrogens with zero attached hydrogens (tertiary/aromatic N) is 3. The number of hydrogen-bond donors (Lipinski definition) is 1. The Morgan fingerprint density at radius 1 is 1.50 bits per heavy atom. The molecule has 0 bridgehead atoms. The topological polar surface area (TPSA) is 50.2 Å². The molecule has 6 heteroatoms. The van der Waals surface area contributed by atoms with Crippen molar-refractivity contribution in [2.45, 2.75) is 38.8 Å². The lowest BCUT2D eigenvalue weighted by Gasteiger charge is -2.28. The van der Waals surface area contributed by atoms with Crippen molar-refractivity contribution in [3.05, 3.63) is 53.1 Å². The summed E-state index contributed by atoms with van der Waals surface area (Å²) >= 11 is 0. The van der Waals surface area contributed by atoms with Crippen LogP contribution in [0.15, 0.2) is 30.5 Å². The van der Waals surface area contributed by atoms with Gasteiger partial charge in [-0.25, -0.2) is 9.18 Å². The Bertz CT molecular complexity index is 728. The van der Waals surface area contributed by atoms with Crippen molar-refractivity contribution in [1.29, 1.82) is 0 Å². The first-order chi connectivity index (χ1) is 11.6. The Hall–Kier alpha value is -2.37. The number of urea groups is 1. The van der Waals surface area contributed by atoms with Gasteiger partial charge in [0.1, 0.15) is 5.82 Å². The lowest BCUT2D eigenvalue weighted by Crippen LogP contribution is -2.42. The summed E-state index contributed by atoms with van der Waals surface area (Å²) in [4.78, 5) is 14.3. The second-order valence-electron chi connectivity index (χ2n) is 6.21. The van der Waals surface area contributed by atoms with E-state index in [9.17, 15) is 9.18 Å². The van der Waals surface area contributed by atoms with Crippen LogP contribution in [0, 0.1) is 5.82 Å². The van der Waals surface area contributed by atoms with Gasteiger partial charge in [-0.05, 0) is 43.9 Å². The molecule has 0 fully saturated rings. The van der Waals surface area contributed by atoms with Gasteiger partial charge in [-0.1, -0.05) is 12.1 Å². The van der Waals surface area contributed by atoms with Crippen LogP contribution in [0.5, 0.6) is 0 Å². The fourth-order valence-corrected chi connectivity index (χ4v) is 3.28. The van der Waals surface area contributed by atoms with Crippen molar-refractivity contribution >= 4 is 6.03 Å². The van der Waals surface area contributed by atoms with Crippen molar-refractivity contribution in [2.24, 2.45) is 7.05 Å². The Morgan fingerprint density at radius 3 is 3.08 bits per heavy atom. The minimum atomic E-state index is -0.281. The Kier molecular flexibility index (Phi) is 4.83. The zero-order chi connectivity index (χ0) is 17.1. The first-order valence-corrected chi connectivity index (χ1v) is 8.39. The summed E-state index contributed by atoms with van der Waals surface area (Å²) in [5.74, 6) is -0.281. The summed E-state index contributed by atoms with van der Waals surface area (Å²) in [6.45, 7) is 2.89. The number of fused-ring (bicyclic) bond motifs is 1. The van der Waals surface area contributed by atoms with Gasteiger partial charge < -0.3 is 10.2 Å². The molecule has 1 aromatic heterocycles. The van der Waals surface area contributed by atoms with Gasteiger partial charge in [0, 0.05) is 31.4 Å². The molecule has 1 aliphatic rings. The molecule has 5 nitrogen and oxygen atoms in total. The highest BCUT2D eigenvalue weighted by Gasteiger charge is 2.26. The Balaban J connectivity index is 1.69. The molecule has 1 aliphatic carbocycles. The number of rotatable bonds is 4. The average Bonchev–Trinajstić information content (AvgIpc) is 2.95. The summed E-state index contributed by atoms with van der Waals surface area (Å²) in [7, 11) is 1.94. The third-order valence-electron chi connectivity index (χ3n) is 4.60. The van der Waals surface area contributed by atoms with Gasteiger partial charge in [0.15, 0.2) is 0 Å². The van der Waals surface area contributed by atoms with E-state index in [1.165, 1.54) is 17.8 Å². The monoisotopic (exact) mass is 330 g/mol. The lowest BCUT2D eigenvalue weighted by molar-refractivity contribution is 0.192. The van der Waals surface area contributed by atoms with Gasteiger partial charge >= 0.3 is 6.03 Å². The highest BCUT2D eigenvalue weighted by Crippen LogP contribution is 2.29. The van der Waals surface area contributed by atoms with Gasteiger partial charge in [-0.2, -0.15) is 5.10 Å². The van der Waals surface area contributed by atoms with Gasteiger partial charge in [-0.15, -0.1) is 0 Å². The van der Waals surface area contributed by atoms with Crippen LogP contribution < -0.4 is 5.32 Å². The molecule has 0 unspecified atom stereocenters. The molecule has 128 valence electrons. The number of aromatic nitrogens is 2. The van der Waals surface area contributed by atoms with E-state index in [0.717, 1.165) is 30.4 Å². The number of benzene rings is 1. The lowest BCUT2D eigenvalue weighted by atomic mass is 9.93. The fourth-order valence-electron chi connectivity index (χ4n) is 3.28. The molecular weight excluding hydrogens is 307 g/mol. The summed E-state index contributed by atoms with van der Waals surface area (Å²) in [5.41, 5.74) is 3.09. The molecule has 1 aromatic carbocycles. The zero-order valence-corrected chi connectivity index (χ0v) is 14.1. The van der Waals surface area contributed by atoms with Crippen molar-refractivity contribution in [3.8, 4) is 0 Å². The molecule has 0 radical (unpaired) electrons. The second-order valence-corrected chi connectivity index (χ2v) is 6.21. The van der Waals surface area contributed by atoms with E-state index < -0.39 is 0 Å². The standard InChI is InChI=1S/C18H23FN4O/c1-3-23(12-13-6-4-7-14(19)10-13)18(24)21-16-8-5-9-17-15(16)11-20-22(17)2/h4,6-7,10-11,16H,3,5,8-9,12H2,1-2H3,(H,21,24)/t16-/m1/s1. The van der Waals surface area contributed by atoms with Crippen LogP contribution in [0.25, 0.3) is 0 Å². The molecular formula is C18H23FN4O. The van der Waals surface area contributed by atoms with Crippen LogP contribution in [0.2, 0.25) is 0 Å². The highest BCUT2D eigenvalue weighted by molar-refractivity contribution is 5.74. The largest absolute Gasteiger partial charge is 0.331 e. The fraction of sp³-hybridized carbons (Fsp3) is 0.444. The predicted molar refractivity (Wildman–Crippen MR) is 89.9 cm³/mol. The van der Waals surface area contributed by atoms with Crippen LogP contribution in [0.3, 0.4) is 0 Å². The van der Waals surface area contributed by atoms with Crippen molar-refractivity contribution in [3.63, 3.8) is 0 Å². The van der Waals surface area contributed by atoms with Gasteiger partial charge in [0.05, 0.1) is 12.2 Å². The third kappa shape index (κ3) is 3.42. The number of carbonyl (C=O) groups is 1. The average molecular weight is 330 g/mol. The number of amides is 2. The maximum Gasteiger partial charge on any atom is 0.318 e. The van der Waals surface area contributed by atoms with E-state index in [1.54, 1.807) is 11.0 Å². The Morgan fingerprint density at radius 2 is 2.33 bits per heavy atom. The summed E-state index contributed by atoms with van der Waals surface area (Å²) < 4.78 is 15.2. The molecule has 1 N–H and O–H groups in total. The van der Waals surface area contributed by atoms with E-state index in [4.69, 9.17) is 0 Å². The molecule has 0 saturated heterocycles. The second kappa shape index (κ2) is 7.03. The number of carbonyl (C=O) groups excluding carboxylic acids is 1.